The van der Waals surface area contributed by atoms with Gasteiger partial charge in [-0.3, -0.25) is 4.79 Å². The second-order valence-corrected chi connectivity index (χ2v) is 7.14. The van der Waals surface area contributed by atoms with Crippen molar-refractivity contribution >= 4 is 18.0 Å². The Kier molecular flexibility index (Phi) is 7.72. The molecule has 1 aromatic rings. The Balaban J connectivity index is 1.95. The maximum absolute atomic E-state index is 12.3. The van der Waals surface area contributed by atoms with Gasteiger partial charge >= 0.3 is 5.97 Å². The number of hydrogen-bond acceptors (Lipinski definition) is 6. The van der Waals surface area contributed by atoms with Crippen LogP contribution in [-0.2, 0) is 14.3 Å². The topological polar surface area (TPSA) is 74.3 Å². The molecule has 0 saturated carbocycles. The summed E-state index contributed by atoms with van der Waals surface area (Å²) in [5, 5.41) is 0. The van der Waals surface area contributed by atoms with Gasteiger partial charge in [-0.05, 0) is 42.0 Å². The van der Waals surface area contributed by atoms with E-state index < -0.39 is 5.97 Å². The van der Waals surface area contributed by atoms with E-state index in [0.717, 1.165) is 6.42 Å². The quantitative estimate of drug-likeness (QED) is 0.526. The third kappa shape index (κ3) is 5.65. The van der Waals surface area contributed by atoms with Gasteiger partial charge in [0.25, 0.3) is 5.91 Å². The molecule has 28 heavy (non-hydrogen) atoms. The van der Waals surface area contributed by atoms with Crippen molar-refractivity contribution in [3.63, 3.8) is 0 Å². The normalized spacial score (nSPS) is 19.4. The summed E-state index contributed by atoms with van der Waals surface area (Å²) >= 11 is 0. The zero-order valence-electron chi connectivity index (χ0n) is 17.2. The fourth-order valence-electron chi connectivity index (χ4n) is 3.50. The van der Waals surface area contributed by atoms with Crippen LogP contribution in [0.25, 0.3) is 6.08 Å². The molecule has 154 valence electrons. The molecule has 7 heteroatoms. The summed E-state index contributed by atoms with van der Waals surface area (Å²) in [7, 11) is 4.56. The number of esters is 1. The van der Waals surface area contributed by atoms with Gasteiger partial charge in [0.15, 0.2) is 18.1 Å². The molecule has 0 N–H and O–H groups in total. The molecule has 1 aliphatic heterocycles. The van der Waals surface area contributed by atoms with Crippen LogP contribution in [0.2, 0.25) is 0 Å². The highest BCUT2D eigenvalue weighted by Gasteiger charge is 2.25. The fraction of sp³-hybridized carbons (Fsp3) is 0.524. The standard InChI is InChI=1S/C21H29NO6/c1-14-8-15(2)12-22(11-14)19(23)13-28-20(24)7-6-16-9-17(25-3)21(27-5)18(10-16)26-4/h6-7,9-10,14-15H,8,11-13H2,1-5H3/b7-6+/t14-,15+. The maximum Gasteiger partial charge on any atom is 0.331 e. The van der Waals surface area contributed by atoms with Gasteiger partial charge in [-0.15, -0.1) is 0 Å². The first-order chi connectivity index (χ1) is 13.4. The number of ether oxygens (including phenoxy) is 4. The van der Waals surface area contributed by atoms with E-state index in [1.54, 1.807) is 23.1 Å². The Morgan fingerprint density at radius 2 is 1.61 bits per heavy atom. The largest absolute Gasteiger partial charge is 0.493 e. The van der Waals surface area contributed by atoms with Crippen LogP contribution in [0.5, 0.6) is 17.2 Å². The van der Waals surface area contributed by atoms with Gasteiger partial charge in [-0.25, -0.2) is 4.79 Å². The molecular formula is C21H29NO6. The first-order valence-electron chi connectivity index (χ1n) is 9.30. The Bertz CT molecular complexity index is 695. The van der Waals surface area contributed by atoms with Gasteiger partial charge in [0, 0.05) is 19.2 Å². The molecule has 1 fully saturated rings. The van der Waals surface area contributed by atoms with E-state index in [0.29, 0.717) is 47.7 Å². The molecule has 0 bridgehead atoms. The van der Waals surface area contributed by atoms with Gasteiger partial charge < -0.3 is 23.8 Å². The minimum atomic E-state index is -0.583. The van der Waals surface area contributed by atoms with E-state index in [1.165, 1.54) is 27.4 Å². The average Bonchev–Trinajstić information content (AvgIpc) is 2.68. The van der Waals surface area contributed by atoms with Crippen LogP contribution < -0.4 is 14.2 Å². The number of carbonyl (C=O) groups excluding carboxylic acids is 2. The number of carbonyl (C=O) groups is 2. The van der Waals surface area contributed by atoms with Crippen molar-refractivity contribution in [1.29, 1.82) is 0 Å². The summed E-state index contributed by atoms with van der Waals surface area (Å²) in [5.74, 6) is 1.62. The van der Waals surface area contributed by atoms with Gasteiger partial charge in [0.05, 0.1) is 21.3 Å². The Hall–Kier alpha value is -2.70. The van der Waals surface area contributed by atoms with Gasteiger partial charge in [0.1, 0.15) is 0 Å². The van der Waals surface area contributed by atoms with Crippen molar-refractivity contribution in [2.45, 2.75) is 20.3 Å². The number of hydrogen-bond donors (Lipinski definition) is 0. The minimum absolute atomic E-state index is 0.159. The second-order valence-electron chi connectivity index (χ2n) is 7.14. The number of rotatable bonds is 7. The van der Waals surface area contributed by atoms with E-state index in [1.807, 2.05) is 0 Å². The molecule has 1 amide bonds. The van der Waals surface area contributed by atoms with E-state index in [-0.39, 0.29) is 12.5 Å². The first kappa shape index (κ1) is 21.6. The smallest absolute Gasteiger partial charge is 0.331 e. The van der Waals surface area contributed by atoms with Crippen LogP contribution in [0.3, 0.4) is 0 Å². The molecule has 0 radical (unpaired) electrons. The van der Waals surface area contributed by atoms with Crippen LogP contribution in [0.1, 0.15) is 25.8 Å². The summed E-state index contributed by atoms with van der Waals surface area (Å²) in [6.07, 6.45) is 3.96. The molecule has 2 rings (SSSR count). The van der Waals surface area contributed by atoms with Crippen LogP contribution in [0.4, 0.5) is 0 Å². The molecule has 0 aliphatic carbocycles. The monoisotopic (exact) mass is 391 g/mol. The summed E-state index contributed by atoms with van der Waals surface area (Å²) in [5.41, 5.74) is 0.677. The third-order valence-corrected chi connectivity index (χ3v) is 4.66. The van der Waals surface area contributed by atoms with Crippen molar-refractivity contribution < 1.29 is 28.5 Å². The molecule has 0 unspecified atom stereocenters. The molecule has 2 atom stereocenters. The molecule has 7 nitrogen and oxygen atoms in total. The van der Waals surface area contributed by atoms with E-state index in [9.17, 15) is 9.59 Å². The van der Waals surface area contributed by atoms with E-state index in [4.69, 9.17) is 18.9 Å². The summed E-state index contributed by atoms with van der Waals surface area (Å²) in [4.78, 5) is 26.1. The number of nitrogens with zero attached hydrogens (tertiary/aromatic N) is 1. The maximum atomic E-state index is 12.3. The van der Waals surface area contributed by atoms with Crippen LogP contribution in [0, 0.1) is 11.8 Å². The van der Waals surface area contributed by atoms with Crippen LogP contribution in [0.15, 0.2) is 18.2 Å². The molecule has 1 heterocycles. The Morgan fingerprint density at radius 3 is 2.11 bits per heavy atom. The molecule has 0 aromatic heterocycles. The summed E-state index contributed by atoms with van der Waals surface area (Å²) < 4.78 is 20.9. The van der Waals surface area contributed by atoms with Crippen molar-refractivity contribution in [3.8, 4) is 17.2 Å². The number of methoxy groups -OCH3 is 3. The number of likely N-dealkylation sites (tertiary alicyclic amines) is 1. The molecule has 0 spiro atoms. The lowest BCUT2D eigenvalue weighted by molar-refractivity contribution is -0.149. The molecule has 1 aromatic carbocycles. The lowest BCUT2D eigenvalue weighted by Gasteiger charge is -2.34. The highest BCUT2D eigenvalue weighted by molar-refractivity contribution is 5.89. The Morgan fingerprint density at radius 1 is 1.04 bits per heavy atom. The van der Waals surface area contributed by atoms with Gasteiger partial charge in [-0.2, -0.15) is 0 Å². The zero-order valence-corrected chi connectivity index (χ0v) is 17.2. The van der Waals surface area contributed by atoms with Crippen molar-refractivity contribution in [2.75, 3.05) is 41.0 Å². The van der Waals surface area contributed by atoms with Crippen LogP contribution in [-0.4, -0.2) is 57.8 Å². The molecule has 1 saturated heterocycles. The second kappa shape index (κ2) is 10.0. The van der Waals surface area contributed by atoms with Gasteiger partial charge in [-0.1, -0.05) is 13.8 Å². The van der Waals surface area contributed by atoms with Crippen molar-refractivity contribution in [2.24, 2.45) is 11.8 Å². The summed E-state index contributed by atoms with van der Waals surface area (Å²) in [6, 6.07) is 3.43. The number of piperidine rings is 1. The number of benzene rings is 1. The minimum Gasteiger partial charge on any atom is -0.493 e. The highest BCUT2D eigenvalue weighted by Crippen LogP contribution is 2.38. The summed E-state index contributed by atoms with van der Waals surface area (Å²) in [6.45, 7) is 5.42. The highest BCUT2D eigenvalue weighted by atomic mass is 16.5. The average molecular weight is 391 g/mol. The molecular weight excluding hydrogens is 362 g/mol. The fourth-order valence-corrected chi connectivity index (χ4v) is 3.50. The molecule has 1 aliphatic rings. The van der Waals surface area contributed by atoms with Crippen molar-refractivity contribution in [1.82, 2.24) is 4.90 Å². The van der Waals surface area contributed by atoms with E-state index in [2.05, 4.69) is 13.8 Å². The SMILES string of the molecule is COc1cc(/C=C/C(=O)OCC(=O)N2C[C@H](C)C[C@H](C)C2)cc(OC)c1OC. The first-order valence-corrected chi connectivity index (χ1v) is 9.30. The lowest BCUT2D eigenvalue weighted by atomic mass is 9.92. The van der Waals surface area contributed by atoms with Crippen molar-refractivity contribution in [3.05, 3.63) is 23.8 Å². The van der Waals surface area contributed by atoms with E-state index >= 15 is 0 Å². The van der Waals surface area contributed by atoms with Gasteiger partial charge in [0.2, 0.25) is 5.75 Å². The number of amides is 1. The lowest BCUT2D eigenvalue weighted by Crippen LogP contribution is -2.44. The third-order valence-electron chi connectivity index (χ3n) is 4.66. The Labute approximate surface area is 166 Å². The van der Waals surface area contributed by atoms with Crippen LogP contribution >= 0.6 is 0 Å². The predicted molar refractivity (Wildman–Crippen MR) is 106 cm³/mol. The zero-order chi connectivity index (χ0) is 20.7. The predicted octanol–water partition coefficient (Wildman–Crippen LogP) is 2.77.